The lowest BCUT2D eigenvalue weighted by molar-refractivity contribution is -0.122. The van der Waals surface area contributed by atoms with Gasteiger partial charge >= 0.3 is 5.97 Å². The molecule has 0 aromatic heterocycles. The molecule has 142 valence electrons. The first-order valence-corrected chi connectivity index (χ1v) is 8.45. The van der Waals surface area contributed by atoms with Crippen molar-refractivity contribution >= 4 is 29.2 Å². The van der Waals surface area contributed by atoms with E-state index in [1.807, 2.05) is 0 Å². The van der Waals surface area contributed by atoms with Crippen LogP contribution in [0.3, 0.4) is 0 Å². The minimum absolute atomic E-state index is 0.141. The van der Waals surface area contributed by atoms with Crippen molar-refractivity contribution in [3.05, 3.63) is 46.5 Å². The van der Waals surface area contributed by atoms with E-state index in [1.165, 1.54) is 33.5 Å². The van der Waals surface area contributed by atoms with Crippen LogP contribution in [0.1, 0.15) is 15.9 Å². The van der Waals surface area contributed by atoms with Gasteiger partial charge in [0, 0.05) is 23.6 Å². The Morgan fingerprint density at radius 1 is 1.11 bits per heavy atom. The monoisotopic (exact) mass is 391 g/mol. The van der Waals surface area contributed by atoms with Crippen molar-refractivity contribution in [1.29, 1.82) is 0 Å². The number of halogens is 1. The molecule has 7 nitrogen and oxygen atoms in total. The predicted molar refractivity (Wildman–Crippen MR) is 99.1 cm³/mol. The van der Waals surface area contributed by atoms with Crippen LogP contribution in [-0.4, -0.2) is 39.3 Å². The summed E-state index contributed by atoms with van der Waals surface area (Å²) in [6.07, 6.45) is -0.361. The third-order valence-corrected chi connectivity index (χ3v) is 4.41. The number of amides is 1. The van der Waals surface area contributed by atoms with Crippen molar-refractivity contribution in [2.45, 2.75) is 12.5 Å². The highest BCUT2D eigenvalue weighted by atomic mass is 35.5. The summed E-state index contributed by atoms with van der Waals surface area (Å²) >= 11 is 5.98. The Morgan fingerprint density at radius 2 is 1.81 bits per heavy atom. The lowest BCUT2D eigenvalue weighted by Crippen LogP contribution is -2.32. The van der Waals surface area contributed by atoms with E-state index in [9.17, 15) is 9.59 Å². The maximum atomic E-state index is 12.7. The van der Waals surface area contributed by atoms with E-state index in [0.29, 0.717) is 28.7 Å². The molecule has 0 radical (unpaired) electrons. The number of fused-ring (bicyclic) bond motifs is 1. The van der Waals surface area contributed by atoms with Crippen LogP contribution in [0.5, 0.6) is 17.2 Å². The first-order valence-electron chi connectivity index (χ1n) is 8.07. The number of hydrogen-bond donors (Lipinski definition) is 1. The summed E-state index contributed by atoms with van der Waals surface area (Å²) in [5.41, 5.74) is 1.23. The van der Waals surface area contributed by atoms with Crippen LogP contribution >= 0.6 is 11.6 Å². The van der Waals surface area contributed by atoms with Crippen LogP contribution in [0.4, 0.5) is 5.69 Å². The van der Waals surface area contributed by atoms with Gasteiger partial charge in [-0.25, -0.2) is 4.79 Å². The fourth-order valence-electron chi connectivity index (χ4n) is 2.84. The van der Waals surface area contributed by atoms with E-state index < -0.39 is 18.0 Å². The zero-order valence-corrected chi connectivity index (χ0v) is 15.8. The second kappa shape index (κ2) is 7.75. The molecule has 1 aliphatic heterocycles. The summed E-state index contributed by atoms with van der Waals surface area (Å²) in [6.45, 7) is 0. The Labute approximate surface area is 161 Å². The number of rotatable bonds is 5. The number of esters is 1. The van der Waals surface area contributed by atoms with Gasteiger partial charge in [0.1, 0.15) is 5.75 Å². The van der Waals surface area contributed by atoms with E-state index in [0.717, 1.165) is 5.56 Å². The van der Waals surface area contributed by atoms with Crippen LogP contribution in [0.25, 0.3) is 0 Å². The number of anilines is 1. The highest BCUT2D eigenvalue weighted by molar-refractivity contribution is 6.30. The molecule has 0 saturated carbocycles. The third kappa shape index (κ3) is 3.78. The summed E-state index contributed by atoms with van der Waals surface area (Å²) in [7, 11) is 4.17. The largest absolute Gasteiger partial charge is 0.493 e. The van der Waals surface area contributed by atoms with Crippen LogP contribution in [0.2, 0.25) is 5.02 Å². The molecule has 8 heteroatoms. The molecule has 1 heterocycles. The summed E-state index contributed by atoms with van der Waals surface area (Å²) in [5.74, 6) is 0.298. The molecule has 1 N–H and O–H groups in total. The number of methoxy groups -OCH3 is 3. The second-order valence-electron chi connectivity index (χ2n) is 5.80. The fourth-order valence-corrected chi connectivity index (χ4v) is 3.03. The molecule has 3 rings (SSSR count). The van der Waals surface area contributed by atoms with Crippen LogP contribution in [-0.2, 0) is 16.0 Å². The maximum Gasteiger partial charge on any atom is 0.340 e. The highest BCUT2D eigenvalue weighted by Crippen LogP contribution is 2.35. The molecular weight excluding hydrogens is 374 g/mol. The molecule has 0 saturated heterocycles. The van der Waals surface area contributed by atoms with Gasteiger partial charge in [-0.15, -0.1) is 0 Å². The SMILES string of the molecule is COC(=O)c1cc(OC)c(OC)cc1NC(=O)C1Cc2cc(Cl)ccc2O1. The summed E-state index contributed by atoms with van der Waals surface area (Å²) in [5, 5.41) is 3.29. The van der Waals surface area contributed by atoms with Gasteiger partial charge in [-0.05, 0) is 23.8 Å². The number of nitrogens with one attached hydrogen (secondary N) is 1. The number of ether oxygens (including phenoxy) is 4. The van der Waals surface area contributed by atoms with E-state index in [2.05, 4.69) is 5.32 Å². The molecule has 1 amide bonds. The quantitative estimate of drug-likeness (QED) is 0.788. The standard InChI is InChI=1S/C19H18ClNO6/c1-24-15-8-12(19(23)26-3)13(9-16(15)25-2)21-18(22)17-7-10-6-11(20)4-5-14(10)27-17/h4-6,8-9,17H,7H2,1-3H3,(H,21,22). The zero-order chi connectivity index (χ0) is 19.6. The van der Waals surface area contributed by atoms with Crippen LogP contribution in [0, 0.1) is 0 Å². The first-order chi connectivity index (χ1) is 13.0. The van der Waals surface area contributed by atoms with E-state index in [4.69, 9.17) is 30.5 Å². The van der Waals surface area contributed by atoms with Gasteiger partial charge in [0.05, 0.1) is 32.6 Å². The van der Waals surface area contributed by atoms with E-state index >= 15 is 0 Å². The minimum atomic E-state index is -0.739. The average molecular weight is 392 g/mol. The number of carbonyl (C=O) groups excluding carboxylic acids is 2. The van der Waals surface area contributed by atoms with Crippen molar-refractivity contribution in [2.75, 3.05) is 26.6 Å². The van der Waals surface area contributed by atoms with Crippen molar-refractivity contribution in [2.24, 2.45) is 0 Å². The molecule has 27 heavy (non-hydrogen) atoms. The highest BCUT2D eigenvalue weighted by Gasteiger charge is 2.30. The molecule has 1 unspecified atom stereocenters. The third-order valence-electron chi connectivity index (χ3n) is 4.18. The van der Waals surface area contributed by atoms with Crippen molar-refractivity contribution in [3.8, 4) is 17.2 Å². The van der Waals surface area contributed by atoms with Gasteiger partial charge in [0.15, 0.2) is 17.6 Å². The Balaban J connectivity index is 1.86. The van der Waals surface area contributed by atoms with Gasteiger partial charge in [-0.3, -0.25) is 4.79 Å². The Bertz CT molecular complexity index is 898. The summed E-state index contributed by atoms with van der Waals surface area (Å²) in [6, 6.07) is 8.14. The molecule has 0 fully saturated rings. The Kier molecular flexibility index (Phi) is 5.41. The Morgan fingerprint density at radius 3 is 2.48 bits per heavy atom. The predicted octanol–water partition coefficient (Wildman–Crippen LogP) is 3.09. The first kappa shape index (κ1) is 18.8. The van der Waals surface area contributed by atoms with Gasteiger partial charge in [-0.1, -0.05) is 11.6 Å². The molecule has 0 aliphatic carbocycles. The number of hydrogen-bond acceptors (Lipinski definition) is 6. The summed E-state index contributed by atoms with van der Waals surface area (Å²) in [4.78, 5) is 24.8. The number of benzene rings is 2. The van der Waals surface area contributed by atoms with Gasteiger partial charge in [-0.2, -0.15) is 0 Å². The second-order valence-corrected chi connectivity index (χ2v) is 6.23. The fraction of sp³-hybridized carbons (Fsp3) is 0.263. The molecule has 2 aromatic carbocycles. The van der Waals surface area contributed by atoms with Gasteiger partial charge in [0.2, 0.25) is 0 Å². The molecule has 1 atom stereocenters. The van der Waals surface area contributed by atoms with Crippen LogP contribution < -0.4 is 19.5 Å². The summed E-state index contributed by atoms with van der Waals surface area (Å²) < 4.78 is 20.9. The van der Waals surface area contributed by atoms with Crippen molar-refractivity contribution < 1.29 is 28.5 Å². The molecule has 0 bridgehead atoms. The lowest BCUT2D eigenvalue weighted by atomic mass is 10.1. The van der Waals surface area contributed by atoms with Crippen molar-refractivity contribution in [3.63, 3.8) is 0 Å². The zero-order valence-electron chi connectivity index (χ0n) is 15.0. The molecular formula is C19H18ClNO6. The number of carbonyl (C=O) groups is 2. The topological polar surface area (TPSA) is 83.1 Å². The molecule has 0 spiro atoms. The van der Waals surface area contributed by atoms with Gasteiger partial charge in [0.25, 0.3) is 5.91 Å². The molecule has 1 aliphatic rings. The maximum absolute atomic E-state index is 12.7. The van der Waals surface area contributed by atoms with E-state index in [-0.39, 0.29) is 11.3 Å². The Hall–Kier alpha value is -2.93. The van der Waals surface area contributed by atoms with Crippen LogP contribution in [0.15, 0.2) is 30.3 Å². The smallest absolute Gasteiger partial charge is 0.340 e. The minimum Gasteiger partial charge on any atom is -0.493 e. The lowest BCUT2D eigenvalue weighted by Gasteiger charge is -2.16. The normalized spacial score (nSPS) is 14.7. The molecule has 2 aromatic rings. The van der Waals surface area contributed by atoms with Crippen molar-refractivity contribution in [1.82, 2.24) is 0 Å². The average Bonchev–Trinajstić information content (AvgIpc) is 3.10. The van der Waals surface area contributed by atoms with E-state index in [1.54, 1.807) is 18.2 Å². The van der Waals surface area contributed by atoms with Gasteiger partial charge < -0.3 is 24.3 Å².